The summed E-state index contributed by atoms with van der Waals surface area (Å²) in [5.41, 5.74) is 1.00. The van der Waals surface area contributed by atoms with Crippen LogP contribution in [-0.2, 0) is 7.05 Å². The minimum absolute atomic E-state index is 0.0200. The molecule has 60 valence electrons. The molecule has 1 aromatic rings. The Kier molecular flexibility index (Phi) is 2.31. The highest BCUT2D eigenvalue weighted by Gasteiger charge is 1.91. The first-order valence-corrected chi connectivity index (χ1v) is 3.64. The number of hydrogen-bond donors (Lipinski definition) is 1. The smallest absolute Gasteiger partial charge is 0.250 e. The Labute approximate surface area is 65.7 Å². The van der Waals surface area contributed by atoms with Gasteiger partial charge in [-0.3, -0.25) is 4.79 Å². The van der Waals surface area contributed by atoms with Crippen LogP contribution in [0.4, 0.5) is 5.69 Å². The molecule has 1 N–H and O–H groups in total. The molecule has 0 unspecified atom stereocenters. The SMILES string of the molecule is CCNc1ccc(=O)n(C)c1. The summed E-state index contributed by atoms with van der Waals surface area (Å²) in [5.74, 6) is 0. The molecule has 3 heteroatoms. The van der Waals surface area contributed by atoms with Crippen LogP contribution in [0.2, 0.25) is 0 Å². The third-order valence-corrected chi connectivity index (χ3v) is 1.47. The summed E-state index contributed by atoms with van der Waals surface area (Å²) in [4.78, 5) is 10.9. The van der Waals surface area contributed by atoms with Gasteiger partial charge in [-0.05, 0) is 13.0 Å². The molecule has 1 heterocycles. The third kappa shape index (κ3) is 1.83. The standard InChI is InChI=1S/C8H12N2O/c1-3-9-7-4-5-8(11)10(2)6-7/h4-6,9H,3H2,1-2H3. The predicted octanol–water partition coefficient (Wildman–Crippen LogP) is 0.817. The van der Waals surface area contributed by atoms with Crippen molar-refractivity contribution < 1.29 is 0 Å². The summed E-state index contributed by atoms with van der Waals surface area (Å²) >= 11 is 0. The van der Waals surface area contributed by atoms with E-state index in [1.807, 2.05) is 6.92 Å². The van der Waals surface area contributed by atoms with Gasteiger partial charge in [0, 0.05) is 25.9 Å². The van der Waals surface area contributed by atoms with Crippen LogP contribution in [0, 0.1) is 0 Å². The molecule has 1 aromatic heterocycles. The maximum Gasteiger partial charge on any atom is 0.250 e. The van der Waals surface area contributed by atoms with E-state index in [0.29, 0.717) is 0 Å². The van der Waals surface area contributed by atoms with E-state index in [1.165, 1.54) is 0 Å². The Bertz CT molecular complexity index is 290. The molecule has 0 aliphatic carbocycles. The van der Waals surface area contributed by atoms with E-state index >= 15 is 0 Å². The molecule has 0 saturated heterocycles. The van der Waals surface area contributed by atoms with Crippen molar-refractivity contribution >= 4 is 5.69 Å². The van der Waals surface area contributed by atoms with Gasteiger partial charge >= 0.3 is 0 Å². The van der Waals surface area contributed by atoms with Crippen molar-refractivity contribution in [1.29, 1.82) is 0 Å². The largest absolute Gasteiger partial charge is 0.384 e. The second kappa shape index (κ2) is 3.23. The molecule has 0 spiro atoms. The third-order valence-electron chi connectivity index (χ3n) is 1.47. The zero-order valence-electron chi connectivity index (χ0n) is 6.79. The molecule has 0 aromatic carbocycles. The molecule has 0 aliphatic rings. The minimum Gasteiger partial charge on any atom is -0.384 e. The van der Waals surface area contributed by atoms with E-state index in [0.717, 1.165) is 12.2 Å². The lowest BCUT2D eigenvalue weighted by molar-refractivity contribution is 0.860. The van der Waals surface area contributed by atoms with E-state index in [-0.39, 0.29) is 5.56 Å². The molecule has 0 aliphatic heterocycles. The minimum atomic E-state index is 0.0200. The summed E-state index contributed by atoms with van der Waals surface area (Å²) in [7, 11) is 1.74. The van der Waals surface area contributed by atoms with Crippen molar-refractivity contribution in [3.8, 4) is 0 Å². The van der Waals surface area contributed by atoms with Crippen molar-refractivity contribution in [2.24, 2.45) is 7.05 Å². The number of pyridine rings is 1. The maximum absolute atomic E-state index is 10.9. The Morgan fingerprint density at radius 1 is 1.55 bits per heavy atom. The first-order valence-electron chi connectivity index (χ1n) is 3.64. The highest BCUT2D eigenvalue weighted by atomic mass is 16.1. The average molecular weight is 152 g/mol. The number of aryl methyl sites for hydroxylation is 1. The van der Waals surface area contributed by atoms with Crippen LogP contribution >= 0.6 is 0 Å². The van der Waals surface area contributed by atoms with E-state index in [4.69, 9.17) is 0 Å². The Hall–Kier alpha value is -1.25. The first kappa shape index (κ1) is 7.85. The van der Waals surface area contributed by atoms with Crippen LogP contribution in [-0.4, -0.2) is 11.1 Å². The van der Waals surface area contributed by atoms with Crippen LogP contribution in [0.1, 0.15) is 6.92 Å². The monoisotopic (exact) mass is 152 g/mol. The van der Waals surface area contributed by atoms with Crippen molar-refractivity contribution in [3.63, 3.8) is 0 Å². The van der Waals surface area contributed by atoms with Gasteiger partial charge in [-0.2, -0.15) is 0 Å². The van der Waals surface area contributed by atoms with Crippen LogP contribution in [0.15, 0.2) is 23.1 Å². The highest BCUT2D eigenvalue weighted by molar-refractivity contribution is 5.39. The first-order chi connectivity index (χ1) is 5.24. The van der Waals surface area contributed by atoms with Crippen LogP contribution in [0.25, 0.3) is 0 Å². The van der Waals surface area contributed by atoms with Gasteiger partial charge in [0.1, 0.15) is 0 Å². The lowest BCUT2D eigenvalue weighted by Crippen LogP contribution is -2.15. The second-order valence-electron chi connectivity index (χ2n) is 2.40. The predicted molar refractivity (Wildman–Crippen MR) is 45.8 cm³/mol. The number of nitrogens with one attached hydrogen (secondary N) is 1. The van der Waals surface area contributed by atoms with Crippen molar-refractivity contribution in [2.75, 3.05) is 11.9 Å². The molecule has 1 rings (SSSR count). The van der Waals surface area contributed by atoms with Gasteiger partial charge in [-0.1, -0.05) is 0 Å². The molecule has 0 amide bonds. The van der Waals surface area contributed by atoms with Crippen molar-refractivity contribution in [2.45, 2.75) is 6.92 Å². The molecule has 0 fully saturated rings. The lowest BCUT2D eigenvalue weighted by atomic mass is 10.4. The molecule has 0 radical (unpaired) electrons. The molecule has 0 atom stereocenters. The summed E-state index contributed by atoms with van der Waals surface area (Å²) in [6.07, 6.45) is 1.78. The molecule has 11 heavy (non-hydrogen) atoms. The fourth-order valence-electron chi connectivity index (χ4n) is 0.903. The van der Waals surface area contributed by atoms with Gasteiger partial charge in [0.2, 0.25) is 5.56 Å². The zero-order chi connectivity index (χ0) is 8.27. The number of rotatable bonds is 2. The van der Waals surface area contributed by atoms with Gasteiger partial charge in [0.15, 0.2) is 0 Å². The van der Waals surface area contributed by atoms with Gasteiger partial charge in [-0.25, -0.2) is 0 Å². The summed E-state index contributed by atoms with van der Waals surface area (Å²) < 4.78 is 1.55. The van der Waals surface area contributed by atoms with Gasteiger partial charge in [0.25, 0.3) is 0 Å². The van der Waals surface area contributed by atoms with Crippen LogP contribution < -0.4 is 10.9 Å². The van der Waals surface area contributed by atoms with E-state index in [2.05, 4.69) is 5.32 Å². The second-order valence-corrected chi connectivity index (χ2v) is 2.40. The fraction of sp³-hybridized carbons (Fsp3) is 0.375. The van der Waals surface area contributed by atoms with Gasteiger partial charge in [-0.15, -0.1) is 0 Å². The number of hydrogen-bond acceptors (Lipinski definition) is 2. The Morgan fingerprint density at radius 3 is 2.82 bits per heavy atom. The molecule has 3 nitrogen and oxygen atoms in total. The van der Waals surface area contributed by atoms with Crippen LogP contribution in [0.5, 0.6) is 0 Å². The average Bonchev–Trinajstić information content (AvgIpc) is 1.98. The number of anilines is 1. The van der Waals surface area contributed by atoms with Gasteiger partial charge in [0.05, 0.1) is 5.69 Å². The summed E-state index contributed by atoms with van der Waals surface area (Å²) in [6.45, 7) is 2.89. The lowest BCUT2D eigenvalue weighted by Gasteiger charge is -2.03. The highest BCUT2D eigenvalue weighted by Crippen LogP contribution is 2.00. The zero-order valence-corrected chi connectivity index (χ0v) is 6.79. The van der Waals surface area contributed by atoms with Crippen molar-refractivity contribution in [3.05, 3.63) is 28.7 Å². The topological polar surface area (TPSA) is 34.0 Å². The maximum atomic E-state index is 10.9. The number of nitrogens with zero attached hydrogens (tertiary/aromatic N) is 1. The summed E-state index contributed by atoms with van der Waals surface area (Å²) in [6, 6.07) is 3.34. The molecule has 0 bridgehead atoms. The summed E-state index contributed by atoms with van der Waals surface area (Å²) in [5, 5.41) is 3.12. The van der Waals surface area contributed by atoms with Crippen LogP contribution in [0.3, 0.4) is 0 Å². The Balaban J connectivity index is 2.96. The van der Waals surface area contributed by atoms with E-state index in [9.17, 15) is 4.79 Å². The van der Waals surface area contributed by atoms with E-state index < -0.39 is 0 Å². The quantitative estimate of drug-likeness (QED) is 0.680. The molecule has 0 saturated carbocycles. The van der Waals surface area contributed by atoms with E-state index in [1.54, 1.807) is 29.9 Å². The van der Waals surface area contributed by atoms with Crippen molar-refractivity contribution in [1.82, 2.24) is 4.57 Å². The fourth-order valence-corrected chi connectivity index (χ4v) is 0.903. The Morgan fingerprint density at radius 2 is 2.27 bits per heavy atom. The molecular formula is C8H12N2O. The molecular weight excluding hydrogens is 140 g/mol. The number of aromatic nitrogens is 1. The normalized spacial score (nSPS) is 9.64. The van der Waals surface area contributed by atoms with Gasteiger partial charge < -0.3 is 9.88 Å².